The number of amides is 1. The van der Waals surface area contributed by atoms with Crippen molar-refractivity contribution in [2.24, 2.45) is 5.10 Å². The number of thioether (sulfide) groups is 1. The van der Waals surface area contributed by atoms with Crippen LogP contribution in [0.3, 0.4) is 0 Å². The number of rotatable bonds is 5. The van der Waals surface area contributed by atoms with E-state index in [-0.39, 0.29) is 18.5 Å². The molecule has 0 radical (unpaired) electrons. The van der Waals surface area contributed by atoms with Crippen molar-refractivity contribution in [2.45, 2.75) is 5.03 Å². The van der Waals surface area contributed by atoms with E-state index in [2.05, 4.69) is 15.5 Å². The Kier molecular flexibility index (Phi) is 4.70. The molecule has 7 heteroatoms. The average Bonchev–Trinajstić information content (AvgIpc) is 3.14. The minimum Gasteiger partial charge on any atom is -0.454 e. The lowest BCUT2D eigenvalue weighted by Crippen LogP contribution is -2.19. The molecule has 1 N–H and O–H groups in total. The van der Waals surface area contributed by atoms with Crippen LogP contribution < -0.4 is 14.9 Å². The molecular weight excluding hydrogens is 350 g/mol. The van der Waals surface area contributed by atoms with Gasteiger partial charge in [0.05, 0.1) is 22.5 Å². The number of benzene rings is 2. The maximum Gasteiger partial charge on any atom is 0.250 e. The van der Waals surface area contributed by atoms with Gasteiger partial charge in [0, 0.05) is 5.39 Å². The van der Waals surface area contributed by atoms with E-state index in [0.717, 1.165) is 21.5 Å². The number of hydrazone groups is 1. The van der Waals surface area contributed by atoms with E-state index < -0.39 is 0 Å². The summed E-state index contributed by atoms with van der Waals surface area (Å²) in [5.74, 6) is 1.44. The molecule has 4 rings (SSSR count). The Labute approximate surface area is 154 Å². The molecule has 1 aliphatic heterocycles. The summed E-state index contributed by atoms with van der Waals surface area (Å²) < 4.78 is 10.6. The second kappa shape index (κ2) is 7.45. The van der Waals surface area contributed by atoms with Crippen molar-refractivity contribution in [2.75, 3.05) is 12.5 Å². The van der Waals surface area contributed by atoms with E-state index >= 15 is 0 Å². The number of nitrogens with one attached hydrogen (secondary N) is 1. The average molecular weight is 365 g/mol. The maximum atomic E-state index is 11.9. The number of fused-ring (bicyclic) bond motifs is 2. The number of carbonyl (C=O) groups is 1. The van der Waals surface area contributed by atoms with Crippen LogP contribution in [0.25, 0.3) is 10.9 Å². The Bertz CT molecular complexity index is 991. The Balaban J connectivity index is 1.30. The molecule has 2 heterocycles. The van der Waals surface area contributed by atoms with Crippen molar-refractivity contribution in [1.29, 1.82) is 0 Å². The first-order valence-corrected chi connectivity index (χ1v) is 8.97. The number of carbonyl (C=O) groups excluding carboxylic acids is 1. The zero-order valence-electron chi connectivity index (χ0n) is 13.7. The molecule has 0 spiro atoms. The van der Waals surface area contributed by atoms with Gasteiger partial charge in [-0.25, -0.2) is 10.4 Å². The second-order valence-electron chi connectivity index (χ2n) is 5.54. The SMILES string of the molecule is O=C(CSc1ccc2ccccc2n1)NN=Cc1ccc2c(c1)OCO2. The fraction of sp³-hybridized carbons (Fsp3) is 0.105. The molecule has 3 aromatic rings. The Morgan fingerprint density at radius 1 is 1.15 bits per heavy atom. The van der Waals surface area contributed by atoms with Gasteiger partial charge >= 0.3 is 0 Å². The number of hydrogen-bond donors (Lipinski definition) is 1. The number of ether oxygens (including phenoxy) is 2. The number of pyridine rings is 1. The highest BCUT2D eigenvalue weighted by Crippen LogP contribution is 2.31. The standard InChI is InChI=1S/C19H15N3O3S/c23-18(11-26-19-8-6-14-3-1-2-4-15(14)21-19)22-20-10-13-5-7-16-17(9-13)25-12-24-16/h1-10H,11-12H2,(H,22,23). The lowest BCUT2D eigenvalue weighted by Gasteiger charge is -2.02. The van der Waals surface area contributed by atoms with Crippen LogP contribution in [-0.2, 0) is 4.79 Å². The largest absolute Gasteiger partial charge is 0.454 e. The van der Waals surface area contributed by atoms with E-state index in [9.17, 15) is 4.79 Å². The molecule has 0 bridgehead atoms. The fourth-order valence-electron chi connectivity index (χ4n) is 2.47. The molecule has 1 aliphatic rings. The van der Waals surface area contributed by atoms with E-state index in [1.54, 1.807) is 6.21 Å². The molecule has 0 fully saturated rings. The van der Waals surface area contributed by atoms with Gasteiger partial charge in [0.2, 0.25) is 12.7 Å². The van der Waals surface area contributed by atoms with Crippen LogP contribution in [0, 0.1) is 0 Å². The summed E-state index contributed by atoms with van der Waals surface area (Å²) in [5, 5.41) is 5.86. The van der Waals surface area contributed by atoms with Crippen LogP contribution in [0.5, 0.6) is 11.5 Å². The number of aromatic nitrogens is 1. The molecule has 0 atom stereocenters. The van der Waals surface area contributed by atoms with Gasteiger partial charge in [0.15, 0.2) is 11.5 Å². The van der Waals surface area contributed by atoms with Gasteiger partial charge < -0.3 is 9.47 Å². The van der Waals surface area contributed by atoms with Crippen molar-refractivity contribution < 1.29 is 14.3 Å². The van der Waals surface area contributed by atoms with E-state index in [1.807, 2.05) is 54.6 Å². The van der Waals surface area contributed by atoms with Crippen LogP contribution in [0.1, 0.15) is 5.56 Å². The third kappa shape index (κ3) is 3.78. The number of hydrogen-bond acceptors (Lipinski definition) is 6. The van der Waals surface area contributed by atoms with Gasteiger partial charge in [-0.05, 0) is 35.9 Å². The lowest BCUT2D eigenvalue weighted by atomic mass is 10.2. The van der Waals surface area contributed by atoms with Crippen molar-refractivity contribution in [3.63, 3.8) is 0 Å². The maximum absolute atomic E-state index is 11.9. The number of para-hydroxylation sites is 1. The van der Waals surface area contributed by atoms with Crippen LogP contribution in [-0.4, -0.2) is 29.7 Å². The summed E-state index contributed by atoms with van der Waals surface area (Å²) in [6.45, 7) is 0.229. The summed E-state index contributed by atoms with van der Waals surface area (Å²) in [6.07, 6.45) is 1.57. The fourth-order valence-corrected chi connectivity index (χ4v) is 3.14. The molecule has 1 amide bonds. The third-order valence-corrected chi connectivity index (χ3v) is 4.65. The zero-order valence-corrected chi connectivity index (χ0v) is 14.5. The normalized spacial score (nSPS) is 12.6. The Morgan fingerprint density at radius 3 is 3.00 bits per heavy atom. The molecule has 1 aromatic heterocycles. The zero-order chi connectivity index (χ0) is 17.8. The second-order valence-corrected chi connectivity index (χ2v) is 6.53. The molecule has 0 aliphatic carbocycles. The Hall–Kier alpha value is -3.06. The summed E-state index contributed by atoms with van der Waals surface area (Å²) in [4.78, 5) is 16.5. The monoisotopic (exact) mass is 365 g/mol. The lowest BCUT2D eigenvalue weighted by molar-refractivity contribution is -0.118. The van der Waals surface area contributed by atoms with Crippen molar-refractivity contribution in [1.82, 2.24) is 10.4 Å². The molecule has 26 heavy (non-hydrogen) atoms. The Morgan fingerprint density at radius 2 is 2.04 bits per heavy atom. The van der Waals surface area contributed by atoms with Crippen LogP contribution in [0.2, 0.25) is 0 Å². The molecule has 0 saturated carbocycles. The summed E-state index contributed by atoms with van der Waals surface area (Å²) in [7, 11) is 0. The van der Waals surface area contributed by atoms with Crippen molar-refractivity contribution in [3.05, 3.63) is 60.2 Å². The predicted molar refractivity (Wildman–Crippen MR) is 101 cm³/mol. The molecule has 0 unspecified atom stereocenters. The minimum absolute atomic E-state index is 0.193. The van der Waals surface area contributed by atoms with E-state index in [1.165, 1.54) is 11.8 Å². The first-order chi connectivity index (χ1) is 12.8. The van der Waals surface area contributed by atoms with Gasteiger partial charge in [-0.1, -0.05) is 36.0 Å². The van der Waals surface area contributed by atoms with Gasteiger partial charge in [-0.3, -0.25) is 4.79 Å². The van der Waals surface area contributed by atoms with Gasteiger partial charge in [0.1, 0.15) is 0 Å². The summed E-state index contributed by atoms with van der Waals surface area (Å²) in [6, 6.07) is 17.3. The van der Waals surface area contributed by atoms with E-state index in [4.69, 9.17) is 9.47 Å². The van der Waals surface area contributed by atoms with Crippen LogP contribution >= 0.6 is 11.8 Å². The van der Waals surface area contributed by atoms with Gasteiger partial charge in [-0.15, -0.1) is 0 Å². The van der Waals surface area contributed by atoms with Crippen molar-refractivity contribution >= 4 is 34.8 Å². The smallest absolute Gasteiger partial charge is 0.250 e. The quantitative estimate of drug-likeness (QED) is 0.427. The highest BCUT2D eigenvalue weighted by molar-refractivity contribution is 7.99. The summed E-state index contributed by atoms with van der Waals surface area (Å²) in [5.41, 5.74) is 4.25. The highest BCUT2D eigenvalue weighted by atomic mass is 32.2. The number of nitrogens with zero attached hydrogens (tertiary/aromatic N) is 2. The third-order valence-electron chi connectivity index (χ3n) is 3.72. The van der Waals surface area contributed by atoms with Crippen LogP contribution in [0.4, 0.5) is 0 Å². The van der Waals surface area contributed by atoms with E-state index in [0.29, 0.717) is 11.5 Å². The van der Waals surface area contributed by atoms with Crippen molar-refractivity contribution in [3.8, 4) is 11.5 Å². The highest BCUT2D eigenvalue weighted by Gasteiger charge is 2.12. The molecular formula is C19H15N3O3S. The van der Waals surface area contributed by atoms with Gasteiger partial charge in [0.25, 0.3) is 0 Å². The predicted octanol–water partition coefficient (Wildman–Crippen LogP) is 3.21. The minimum atomic E-state index is -0.193. The first kappa shape index (κ1) is 16.4. The molecule has 130 valence electrons. The van der Waals surface area contributed by atoms with Crippen LogP contribution in [0.15, 0.2) is 64.7 Å². The molecule has 6 nitrogen and oxygen atoms in total. The molecule has 0 saturated heterocycles. The van der Waals surface area contributed by atoms with Gasteiger partial charge in [-0.2, -0.15) is 5.10 Å². The molecule has 2 aromatic carbocycles. The topological polar surface area (TPSA) is 72.8 Å². The first-order valence-electron chi connectivity index (χ1n) is 7.98. The summed E-state index contributed by atoms with van der Waals surface area (Å²) >= 11 is 1.37.